The van der Waals surface area contributed by atoms with Gasteiger partial charge >= 0.3 is 0 Å². The molecule has 8 heteroatoms. The van der Waals surface area contributed by atoms with Crippen LogP contribution in [0.2, 0.25) is 0 Å². The van der Waals surface area contributed by atoms with Crippen molar-refractivity contribution in [2.75, 3.05) is 18.0 Å². The zero-order valence-corrected chi connectivity index (χ0v) is 17.7. The number of nitrogens with zero attached hydrogens (tertiary/aromatic N) is 4. The number of aromatic hydroxyl groups is 1. The summed E-state index contributed by atoms with van der Waals surface area (Å²) >= 11 is 0. The van der Waals surface area contributed by atoms with Crippen molar-refractivity contribution in [2.24, 2.45) is 7.05 Å². The van der Waals surface area contributed by atoms with E-state index in [1.807, 2.05) is 30.0 Å². The number of rotatable bonds is 2. The Balaban J connectivity index is 1.53. The predicted octanol–water partition coefficient (Wildman–Crippen LogP) is 4.03. The summed E-state index contributed by atoms with van der Waals surface area (Å²) in [5.41, 5.74) is 1.01. The molecule has 4 aromatic rings. The molecular formula is C24H21FN4O3. The van der Waals surface area contributed by atoms with E-state index in [9.17, 15) is 15.2 Å². The largest absolute Gasteiger partial charge is 0.508 e. The maximum Gasteiger partial charge on any atom is 0.270 e. The molecule has 162 valence electrons. The zero-order valence-electron chi connectivity index (χ0n) is 17.7. The molecule has 1 saturated heterocycles. The van der Waals surface area contributed by atoms with Gasteiger partial charge in [-0.3, -0.25) is 4.79 Å². The first-order valence-electron chi connectivity index (χ1n) is 10.4. The molecule has 5 rings (SSSR count). The fourth-order valence-electron chi connectivity index (χ4n) is 4.47. The Morgan fingerprint density at radius 1 is 1.22 bits per heavy atom. The summed E-state index contributed by atoms with van der Waals surface area (Å²) in [5, 5.41) is 20.3. The normalized spacial score (nSPS) is 15.9. The zero-order chi connectivity index (χ0) is 22.6. The second-order valence-electron chi connectivity index (χ2n) is 8.34. The van der Waals surface area contributed by atoms with Gasteiger partial charge in [-0.05, 0) is 36.8 Å². The molecule has 0 amide bonds. The van der Waals surface area contributed by atoms with E-state index in [-0.39, 0.29) is 43.1 Å². The van der Waals surface area contributed by atoms with Gasteiger partial charge in [-0.25, -0.2) is 9.37 Å². The number of benzene rings is 2. The second-order valence-corrected chi connectivity index (χ2v) is 8.34. The average molecular weight is 432 g/mol. The molecule has 0 spiro atoms. The van der Waals surface area contributed by atoms with Crippen molar-refractivity contribution in [3.8, 4) is 11.8 Å². The van der Waals surface area contributed by atoms with Gasteiger partial charge in [-0.15, -0.1) is 0 Å². The molecule has 1 N–H and O–H groups in total. The van der Waals surface area contributed by atoms with Gasteiger partial charge in [0.2, 0.25) is 5.89 Å². The van der Waals surface area contributed by atoms with E-state index in [4.69, 9.17) is 4.42 Å². The van der Waals surface area contributed by atoms with Crippen LogP contribution in [0, 0.1) is 18.3 Å². The lowest BCUT2D eigenvalue weighted by atomic mass is 9.92. The lowest BCUT2D eigenvalue weighted by Gasteiger charge is -2.36. The van der Waals surface area contributed by atoms with Crippen LogP contribution in [0.4, 0.5) is 10.1 Å². The number of phenols is 1. The van der Waals surface area contributed by atoms with Crippen LogP contribution < -0.4 is 10.5 Å². The van der Waals surface area contributed by atoms with Crippen LogP contribution in [-0.4, -0.2) is 27.7 Å². The van der Waals surface area contributed by atoms with Crippen LogP contribution in [0.25, 0.3) is 22.0 Å². The molecule has 2 aromatic carbocycles. The number of nitriles is 1. The van der Waals surface area contributed by atoms with E-state index < -0.39 is 11.2 Å². The van der Waals surface area contributed by atoms with Crippen molar-refractivity contribution in [3.63, 3.8) is 0 Å². The van der Waals surface area contributed by atoms with Crippen molar-refractivity contribution in [1.82, 2.24) is 9.55 Å². The summed E-state index contributed by atoms with van der Waals surface area (Å²) in [5.74, 6) is 0.0905. The summed E-state index contributed by atoms with van der Waals surface area (Å²) in [6, 6.07) is 12.3. The number of halogens is 1. The summed E-state index contributed by atoms with van der Waals surface area (Å²) in [6.45, 7) is 2.51. The standard InChI is InChI=1S/C24H21FN4O3/c1-14-3-6-20-18(11-14)27-23(32-20)24(25)7-9-29(10-8-24)21-16-5-4-15(30)12-19(16)28(2)22(31)17(21)13-26/h3-6,11-12,30H,7-10H2,1-2H3. The van der Waals surface area contributed by atoms with E-state index in [1.165, 1.54) is 16.7 Å². The molecule has 0 radical (unpaired) electrons. The van der Waals surface area contributed by atoms with Gasteiger partial charge in [-0.1, -0.05) is 6.07 Å². The van der Waals surface area contributed by atoms with E-state index in [0.717, 1.165) is 5.56 Å². The Morgan fingerprint density at radius 3 is 2.69 bits per heavy atom. The molecular weight excluding hydrogens is 411 g/mol. The molecule has 1 fully saturated rings. The van der Waals surface area contributed by atoms with Crippen LogP contribution in [0.3, 0.4) is 0 Å². The van der Waals surface area contributed by atoms with E-state index in [2.05, 4.69) is 4.98 Å². The Kier molecular flexibility index (Phi) is 4.45. The molecule has 0 unspecified atom stereocenters. The highest BCUT2D eigenvalue weighted by Crippen LogP contribution is 2.41. The lowest BCUT2D eigenvalue weighted by Crippen LogP contribution is -2.41. The number of pyridine rings is 1. The number of hydrogen-bond donors (Lipinski definition) is 1. The number of aryl methyl sites for hydroxylation is 2. The van der Waals surface area contributed by atoms with Crippen molar-refractivity contribution in [1.29, 1.82) is 5.26 Å². The number of aromatic nitrogens is 2. The summed E-state index contributed by atoms with van der Waals surface area (Å²) < 4.78 is 23.0. The highest BCUT2D eigenvalue weighted by atomic mass is 19.1. The Labute approximate surface area is 182 Å². The fraction of sp³-hybridized carbons (Fsp3) is 0.292. The van der Waals surface area contributed by atoms with Crippen LogP contribution in [0.1, 0.15) is 29.9 Å². The molecule has 1 aliphatic rings. The number of oxazole rings is 1. The quantitative estimate of drug-likeness (QED) is 0.514. The maximum absolute atomic E-state index is 15.9. The number of alkyl halides is 1. The van der Waals surface area contributed by atoms with E-state index in [0.29, 0.717) is 27.7 Å². The van der Waals surface area contributed by atoms with Gasteiger partial charge in [0.05, 0.1) is 11.2 Å². The lowest BCUT2D eigenvalue weighted by molar-refractivity contribution is 0.0905. The highest BCUT2D eigenvalue weighted by Gasteiger charge is 2.41. The third kappa shape index (κ3) is 3.01. The first kappa shape index (κ1) is 20.1. The third-order valence-corrected chi connectivity index (χ3v) is 6.26. The molecule has 7 nitrogen and oxygen atoms in total. The molecule has 0 saturated carbocycles. The first-order chi connectivity index (χ1) is 15.3. The summed E-state index contributed by atoms with van der Waals surface area (Å²) in [4.78, 5) is 19.1. The minimum absolute atomic E-state index is 0.00869. The Bertz CT molecular complexity index is 1470. The van der Waals surface area contributed by atoms with Crippen molar-refractivity contribution < 1.29 is 13.9 Å². The number of anilines is 1. The molecule has 0 bridgehead atoms. The van der Waals surface area contributed by atoms with Gasteiger partial charge in [-0.2, -0.15) is 5.26 Å². The fourth-order valence-corrected chi connectivity index (χ4v) is 4.47. The van der Waals surface area contributed by atoms with Gasteiger partial charge in [0.15, 0.2) is 11.3 Å². The average Bonchev–Trinajstić information content (AvgIpc) is 3.21. The van der Waals surface area contributed by atoms with Gasteiger partial charge in [0, 0.05) is 44.4 Å². The molecule has 1 aliphatic heterocycles. The van der Waals surface area contributed by atoms with Crippen molar-refractivity contribution in [2.45, 2.75) is 25.4 Å². The molecule has 0 aliphatic carbocycles. The molecule has 0 atom stereocenters. The molecule has 32 heavy (non-hydrogen) atoms. The highest BCUT2D eigenvalue weighted by molar-refractivity contribution is 5.95. The number of phenolic OH excluding ortho intramolecular Hbond substituents is 1. The van der Waals surface area contributed by atoms with Gasteiger partial charge in [0.25, 0.3) is 5.56 Å². The number of hydrogen-bond acceptors (Lipinski definition) is 6. The first-order valence-corrected chi connectivity index (χ1v) is 10.4. The summed E-state index contributed by atoms with van der Waals surface area (Å²) in [6.07, 6.45) is 0.219. The molecule has 3 heterocycles. The van der Waals surface area contributed by atoms with Crippen LogP contribution >= 0.6 is 0 Å². The maximum atomic E-state index is 15.9. The Morgan fingerprint density at radius 2 is 1.97 bits per heavy atom. The smallest absolute Gasteiger partial charge is 0.270 e. The van der Waals surface area contributed by atoms with Crippen LogP contribution in [0.5, 0.6) is 5.75 Å². The van der Waals surface area contributed by atoms with Crippen molar-refractivity contribution in [3.05, 3.63) is 63.8 Å². The third-order valence-electron chi connectivity index (χ3n) is 6.26. The molecule has 2 aromatic heterocycles. The minimum atomic E-state index is -1.73. The summed E-state index contributed by atoms with van der Waals surface area (Å²) in [7, 11) is 1.56. The second kappa shape index (κ2) is 7.09. The van der Waals surface area contributed by atoms with Crippen LogP contribution in [0.15, 0.2) is 45.6 Å². The SMILES string of the molecule is Cc1ccc2oc(C3(F)CCN(c4c(C#N)c(=O)n(C)c5cc(O)ccc45)CC3)nc2c1. The topological polar surface area (TPSA) is 95.3 Å². The van der Waals surface area contributed by atoms with Crippen LogP contribution in [-0.2, 0) is 12.7 Å². The van der Waals surface area contributed by atoms with Crippen molar-refractivity contribution >= 4 is 27.7 Å². The van der Waals surface area contributed by atoms with E-state index in [1.54, 1.807) is 19.2 Å². The minimum Gasteiger partial charge on any atom is -0.508 e. The van der Waals surface area contributed by atoms with Gasteiger partial charge < -0.3 is 19.0 Å². The number of fused-ring (bicyclic) bond motifs is 2. The Hall–Kier alpha value is -3.86. The monoisotopic (exact) mass is 432 g/mol. The number of piperidine rings is 1. The van der Waals surface area contributed by atoms with E-state index >= 15 is 4.39 Å². The predicted molar refractivity (Wildman–Crippen MR) is 119 cm³/mol. The van der Waals surface area contributed by atoms with Gasteiger partial charge in [0.1, 0.15) is 22.9 Å².